The van der Waals surface area contributed by atoms with Gasteiger partial charge in [0.05, 0.1) is 10.6 Å². The maximum absolute atomic E-state index is 11.4. The molecule has 0 radical (unpaired) electrons. The lowest BCUT2D eigenvalue weighted by Gasteiger charge is -2.04. The number of thiazole rings is 1. The van der Waals surface area contributed by atoms with Crippen molar-refractivity contribution in [3.05, 3.63) is 55.0 Å². The van der Waals surface area contributed by atoms with Gasteiger partial charge in [-0.3, -0.25) is 9.59 Å². The number of carbonyl (C=O) groups is 2. The number of hydrogen-bond donors (Lipinski definition) is 3. The zero-order valence-corrected chi connectivity index (χ0v) is 17.1. The average molecular weight is 418 g/mol. The number of H-pyrrole nitrogens is 1. The Kier molecular flexibility index (Phi) is 5.36. The van der Waals surface area contributed by atoms with Crippen molar-refractivity contribution in [2.24, 2.45) is 0 Å². The number of amides is 2. The highest BCUT2D eigenvalue weighted by Gasteiger charge is 2.18. The Hall–Kier alpha value is -3.85. The summed E-state index contributed by atoms with van der Waals surface area (Å²) in [5.74, 6) is 0.879. The maximum Gasteiger partial charge on any atom is 0.222 e. The van der Waals surface area contributed by atoms with E-state index in [-0.39, 0.29) is 11.8 Å². The number of nitrogens with zero attached hydrogens (tertiary/aromatic N) is 3. The van der Waals surface area contributed by atoms with Gasteiger partial charge in [-0.05, 0) is 24.3 Å². The van der Waals surface area contributed by atoms with Gasteiger partial charge < -0.3 is 15.6 Å². The van der Waals surface area contributed by atoms with Crippen LogP contribution in [-0.4, -0.2) is 31.8 Å². The van der Waals surface area contributed by atoms with E-state index < -0.39 is 0 Å². The highest BCUT2D eigenvalue weighted by atomic mass is 32.1. The summed E-state index contributed by atoms with van der Waals surface area (Å²) in [4.78, 5) is 40.0. The monoisotopic (exact) mass is 418 g/mol. The lowest BCUT2D eigenvalue weighted by atomic mass is 10.1. The molecular weight excluding hydrogens is 400 g/mol. The molecule has 0 aliphatic carbocycles. The second-order valence-electron chi connectivity index (χ2n) is 6.50. The molecule has 3 heterocycles. The Morgan fingerprint density at radius 2 is 1.70 bits per heavy atom. The van der Waals surface area contributed by atoms with Crippen molar-refractivity contribution in [2.45, 2.75) is 13.8 Å². The summed E-state index contributed by atoms with van der Waals surface area (Å²) >= 11 is 1.49. The normalized spacial score (nSPS) is 10.6. The number of benzene rings is 1. The molecule has 0 aliphatic heterocycles. The van der Waals surface area contributed by atoms with Crippen LogP contribution in [0.2, 0.25) is 0 Å². The zero-order valence-electron chi connectivity index (χ0n) is 16.3. The number of anilines is 2. The van der Waals surface area contributed by atoms with Crippen molar-refractivity contribution in [1.82, 2.24) is 19.9 Å². The topological polar surface area (TPSA) is 113 Å². The van der Waals surface area contributed by atoms with Crippen molar-refractivity contribution in [1.29, 1.82) is 0 Å². The molecule has 0 saturated carbocycles. The Labute approximate surface area is 176 Å². The van der Waals surface area contributed by atoms with E-state index in [9.17, 15) is 9.59 Å². The first-order valence-corrected chi connectivity index (χ1v) is 9.94. The number of nitrogens with one attached hydrogen (secondary N) is 3. The van der Waals surface area contributed by atoms with Crippen LogP contribution in [0.1, 0.15) is 13.8 Å². The number of aromatic nitrogens is 4. The molecule has 4 aromatic rings. The first-order valence-electron chi connectivity index (χ1n) is 9.12. The van der Waals surface area contributed by atoms with Crippen LogP contribution in [0, 0.1) is 0 Å². The van der Waals surface area contributed by atoms with E-state index in [0.29, 0.717) is 5.82 Å². The highest BCUT2D eigenvalue weighted by molar-refractivity contribution is 7.18. The van der Waals surface area contributed by atoms with Crippen LogP contribution >= 0.6 is 11.3 Å². The molecule has 9 heteroatoms. The van der Waals surface area contributed by atoms with Crippen molar-refractivity contribution in [3.63, 3.8) is 0 Å². The maximum atomic E-state index is 11.4. The minimum atomic E-state index is -0.185. The SMILES string of the molecule is CC(=O)Nc1ccc(-c2nc(-c3ccnc(NC(C)=O)c3)sc2-c2ncc[nH]2)cc1. The molecule has 0 spiro atoms. The van der Waals surface area contributed by atoms with Gasteiger partial charge in [0.25, 0.3) is 0 Å². The quantitative estimate of drug-likeness (QED) is 0.450. The predicted octanol–water partition coefficient (Wildman–Crippen LogP) is 4.18. The number of hydrogen-bond acceptors (Lipinski definition) is 6. The largest absolute Gasteiger partial charge is 0.344 e. The van der Waals surface area contributed by atoms with Crippen LogP contribution in [0.4, 0.5) is 11.5 Å². The van der Waals surface area contributed by atoms with Gasteiger partial charge in [-0.25, -0.2) is 15.0 Å². The molecule has 0 aliphatic rings. The molecule has 0 unspecified atom stereocenters. The predicted molar refractivity (Wildman–Crippen MR) is 117 cm³/mol. The van der Waals surface area contributed by atoms with E-state index >= 15 is 0 Å². The standard InChI is InChI=1S/C21H18N6O2S/c1-12(28)25-16-5-3-14(4-6-16)18-19(20-23-9-10-24-20)30-21(27-18)15-7-8-22-17(11-15)26-13(2)29/h3-11H,1-2H3,(H,23,24)(H,25,28)(H,22,26,29). The summed E-state index contributed by atoms with van der Waals surface area (Å²) in [7, 11) is 0. The Morgan fingerprint density at radius 3 is 2.37 bits per heavy atom. The van der Waals surface area contributed by atoms with Gasteiger partial charge in [0, 0.05) is 49.3 Å². The van der Waals surface area contributed by atoms with Crippen LogP contribution in [0.5, 0.6) is 0 Å². The molecule has 0 fully saturated rings. The van der Waals surface area contributed by atoms with Gasteiger partial charge in [-0.1, -0.05) is 12.1 Å². The van der Waals surface area contributed by atoms with Crippen molar-refractivity contribution in [3.8, 4) is 32.5 Å². The van der Waals surface area contributed by atoms with Gasteiger partial charge in [0.15, 0.2) is 0 Å². The van der Waals surface area contributed by atoms with Crippen LogP contribution < -0.4 is 10.6 Å². The van der Waals surface area contributed by atoms with Gasteiger partial charge in [-0.2, -0.15) is 0 Å². The molecule has 150 valence electrons. The first kappa shape index (κ1) is 19.5. The van der Waals surface area contributed by atoms with Crippen LogP contribution in [0.25, 0.3) is 32.5 Å². The van der Waals surface area contributed by atoms with Gasteiger partial charge in [-0.15, -0.1) is 11.3 Å². The number of imidazole rings is 1. The van der Waals surface area contributed by atoms with Gasteiger partial charge in [0.2, 0.25) is 11.8 Å². The second kappa shape index (κ2) is 8.26. The van der Waals surface area contributed by atoms with Crippen molar-refractivity contribution < 1.29 is 9.59 Å². The fraction of sp³-hybridized carbons (Fsp3) is 0.0952. The summed E-state index contributed by atoms with van der Waals surface area (Å²) in [5, 5.41) is 6.23. The third kappa shape index (κ3) is 4.26. The van der Waals surface area contributed by atoms with E-state index in [0.717, 1.165) is 38.2 Å². The molecule has 1 aromatic carbocycles. The molecule has 8 nitrogen and oxygen atoms in total. The molecule has 0 atom stereocenters. The molecular formula is C21H18N6O2S. The summed E-state index contributed by atoms with van der Waals surface area (Å²) in [5.41, 5.74) is 3.23. The molecule has 0 bridgehead atoms. The fourth-order valence-electron chi connectivity index (χ4n) is 2.92. The van der Waals surface area contributed by atoms with Gasteiger partial charge >= 0.3 is 0 Å². The summed E-state index contributed by atoms with van der Waals surface area (Å²) in [6, 6.07) is 11.1. The van der Waals surface area contributed by atoms with E-state index in [1.54, 1.807) is 24.7 Å². The Balaban J connectivity index is 1.76. The average Bonchev–Trinajstić information content (AvgIpc) is 3.38. The summed E-state index contributed by atoms with van der Waals surface area (Å²) in [6.45, 7) is 2.91. The summed E-state index contributed by atoms with van der Waals surface area (Å²) < 4.78 is 0. The lowest BCUT2D eigenvalue weighted by Crippen LogP contribution is -2.07. The molecule has 30 heavy (non-hydrogen) atoms. The lowest BCUT2D eigenvalue weighted by molar-refractivity contribution is -0.115. The first-order chi connectivity index (χ1) is 14.5. The van der Waals surface area contributed by atoms with E-state index in [4.69, 9.17) is 4.98 Å². The van der Waals surface area contributed by atoms with Crippen molar-refractivity contribution in [2.75, 3.05) is 10.6 Å². The fourth-order valence-corrected chi connectivity index (χ4v) is 3.96. The molecule has 2 amide bonds. The molecule has 0 saturated heterocycles. The van der Waals surface area contributed by atoms with Gasteiger partial charge in [0.1, 0.15) is 16.6 Å². The smallest absolute Gasteiger partial charge is 0.222 e. The minimum Gasteiger partial charge on any atom is -0.344 e. The number of pyridine rings is 1. The number of rotatable bonds is 5. The summed E-state index contributed by atoms with van der Waals surface area (Å²) in [6.07, 6.45) is 5.09. The molecule has 3 N–H and O–H groups in total. The van der Waals surface area contributed by atoms with Crippen LogP contribution in [0.3, 0.4) is 0 Å². The number of carbonyl (C=O) groups excluding carboxylic acids is 2. The van der Waals surface area contributed by atoms with E-state index in [2.05, 4.69) is 25.6 Å². The van der Waals surface area contributed by atoms with E-state index in [1.807, 2.05) is 30.3 Å². The Bertz CT molecular complexity index is 1200. The number of aromatic amines is 1. The van der Waals surface area contributed by atoms with Crippen LogP contribution in [-0.2, 0) is 9.59 Å². The zero-order chi connectivity index (χ0) is 21.1. The molecule has 4 rings (SSSR count). The minimum absolute atomic E-state index is 0.123. The second-order valence-corrected chi connectivity index (χ2v) is 7.50. The van der Waals surface area contributed by atoms with Crippen LogP contribution in [0.15, 0.2) is 55.0 Å². The third-order valence-corrected chi connectivity index (χ3v) is 5.24. The van der Waals surface area contributed by atoms with Crippen molar-refractivity contribution >= 4 is 34.7 Å². The third-order valence-electron chi connectivity index (χ3n) is 4.13. The molecule has 3 aromatic heterocycles. The Morgan fingerprint density at radius 1 is 0.933 bits per heavy atom. The highest BCUT2D eigenvalue weighted by Crippen LogP contribution is 2.39. The van der Waals surface area contributed by atoms with E-state index in [1.165, 1.54) is 25.2 Å².